The molecule has 2 aliphatic carbocycles. The Morgan fingerprint density at radius 3 is 2.56 bits per heavy atom. The quantitative estimate of drug-likeness (QED) is 0.649. The fraction of sp³-hybridized carbons (Fsp3) is 0.933. The standard InChI is InChI=1S/C15H26O/c1-11(2)12-7-9-15(4)13(16)6-5-8-14(15,3)10-12/h11-12H,5-10H2,1-4H3. The first kappa shape index (κ1) is 12.1. The monoisotopic (exact) mass is 222 g/mol. The summed E-state index contributed by atoms with van der Waals surface area (Å²) in [5.41, 5.74) is 0.284. The van der Waals surface area contributed by atoms with Crippen molar-refractivity contribution >= 4 is 5.78 Å². The zero-order chi connectivity index (χ0) is 12.0. The minimum absolute atomic E-state index is 0.00333. The Hall–Kier alpha value is -0.330. The molecule has 2 rings (SSSR count). The van der Waals surface area contributed by atoms with Crippen molar-refractivity contribution in [3.8, 4) is 0 Å². The summed E-state index contributed by atoms with van der Waals surface area (Å²) in [6.07, 6.45) is 6.88. The SMILES string of the molecule is CC(C)C1CCC2(C)C(=O)CCCC2(C)C1. The first-order valence-electron chi connectivity index (χ1n) is 6.92. The Morgan fingerprint density at radius 1 is 1.25 bits per heavy atom. The van der Waals surface area contributed by atoms with Gasteiger partial charge in [-0.25, -0.2) is 0 Å². The molecule has 3 atom stereocenters. The van der Waals surface area contributed by atoms with Crippen LogP contribution >= 0.6 is 0 Å². The van der Waals surface area contributed by atoms with E-state index < -0.39 is 0 Å². The summed E-state index contributed by atoms with van der Waals surface area (Å²) in [6.45, 7) is 9.28. The lowest BCUT2D eigenvalue weighted by atomic mass is 9.48. The zero-order valence-corrected chi connectivity index (χ0v) is 11.3. The van der Waals surface area contributed by atoms with Gasteiger partial charge in [0.2, 0.25) is 0 Å². The molecule has 1 heteroatoms. The van der Waals surface area contributed by atoms with Gasteiger partial charge in [-0.2, -0.15) is 0 Å². The lowest BCUT2D eigenvalue weighted by Gasteiger charge is -2.55. The van der Waals surface area contributed by atoms with Crippen LogP contribution in [-0.2, 0) is 4.79 Å². The number of fused-ring (bicyclic) bond motifs is 1. The van der Waals surface area contributed by atoms with Gasteiger partial charge in [0, 0.05) is 11.8 Å². The average molecular weight is 222 g/mol. The topological polar surface area (TPSA) is 17.1 Å². The van der Waals surface area contributed by atoms with Crippen LogP contribution in [0.3, 0.4) is 0 Å². The summed E-state index contributed by atoms with van der Waals surface area (Å²) in [5, 5.41) is 0. The third-order valence-corrected chi connectivity index (χ3v) is 5.75. The van der Waals surface area contributed by atoms with Gasteiger partial charge in [0.1, 0.15) is 5.78 Å². The van der Waals surface area contributed by atoms with Crippen LogP contribution in [0.1, 0.15) is 66.2 Å². The van der Waals surface area contributed by atoms with Crippen molar-refractivity contribution in [2.75, 3.05) is 0 Å². The molecule has 0 aromatic carbocycles. The van der Waals surface area contributed by atoms with Gasteiger partial charge in [-0.05, 0) is 49.4 Å². The minimum atomic E-state index is -0.00333. The Bertz CT molecular complexity index is 294. The van der Waals surface area contributed by atoms with Gasteiger partial charge >= 0.3 is 0 Å². The molecule has 0 heterocycles. The van der Waals surface area contributed by atoms with E-state index in [1.807, 2.05) is 0 Å². The van der Waals surface area contributed by atoms with Crippen LogP contribution in [0.15, 0.2) is 0 Å². The second-order valence-electron chi connectivity index (χ2n) is 6.92. The highest BCUT2D eigenvalue weighted by Crippen LogP contribution is 2.59. The third kappa shape index (κ3) is 1.63. The van der Waals surface area contributed by atoms with Crippen LogP contribution < -0.4 is 0 Å². The number of hydrogen-bond donors (Lipinski definition) is 0. The molecule has 16 heavy (non-hydrogen) atoms. The Labute approximate surface area is 100.0 Å². The molecule has 0 aromatic heterocycles. The van der Waals surface area contributed by atoms with Crippen LogP contribution in [0.25, 0.3) is 0 Å². The van der Waals surface area contributed by atoms with Gasteiger partial charge < -0.3 is 0 Å². The molecule has 3 unspecified atom stereocenters. The highest BCUT2D eigenvalue weighted by atomic mass is 16.1. The predicted molar refractivity (Wildman–Crippen MR) is 67.3 cm³/mol. The molecule has 0 amide bonds. The normalized spacial score (nSPS) is 44.6. The van der Waals surface area contributed by atoms with Crippen LogP contribution in [0.5, 0.6) is 0 Å². The highest BCUT2D eigenvalue weighted by molar-refractivity contribution is 5.86. The molecule has 2 saturated carbocycles. The average Bonchev–Trinajstić information content (AvgIpc) is 2.20. The maximum atomic E-state index is 12.2. The lowest BCUT2D eigenvalue weighted by molar-refractivity contribution is -0.147. The molecule has 92 valence electrons. The molecule has 0 radical (unpaired) electrons. The maximum absolute atomic E-state index is 12.2. The number of carbonyl (C=O) groups is 1. The van der Waals surface area contributed by atoms with Gasteiger partial charge in [-0.3, -0.25) is 4.79 Å². The van der Waals surface area contributed by atoms with E-state index in [-0.39, 0.29) is 10.8 Å². The third-order valence-electron chi connectivity index (χ3n) is 5.75. The summed E-state index contributed by atoms with van der Waals surface area (Å²) in [4.78, 5) is 12.2. The van der Waals surface area contributed by atoms with Crippen molar-refractivity contribution in [3.05, 3.63) is 0 Å². The summed E-state index contributed by atoms with van der Waals surface area (Å²) in [7, 11) is 0. The Balaban J connectivity index is 2.24. The van der Waals surface area contributed by atoms with Gasteiger partial charge in [-0.15, -0.1) is 0 Å². The molecule has 0 bridgehead atoms. The van der Waals surface area contributed by atoms with Crippen LogP contribution in [0, 0.1) is 22.7 Å². The molecule has 2 fully saturated rings. The fourth-order valence-electron chi connectivity index (χ4n) is 4.02. The maximum Gasteiger partial charge on any atom is 0.139 e. The van der Waals surface area contributed by atoms with Crippen molar-refractivity contribution in [2.45, 2.75) is 66.2 Å². The Kier molecular flexibility index (Phi) is 2.92. The van der Waals surface area contributed by atoms with E-state index in [1.165, 1.54) is 19.3 Å². The van der Waals surface area contributed by atoms with Crippen molar-refractivity contribution in [1.82, 2.24) is 0 Å². The van der Waals surface area contributed by atoms with E-state index in [9.17, 15) is 4.79 Å². The van der Waals surface area contributed by atoms with Crippen LogP contribution in [-0.4, -0.2) is 5.78 Å². The van der Waals surface area contributed by atoms with E-state index in [2.05, 4.69) is 27.7 Å². The van der Waals surface area contributed by atoms with E-state index in [4.69, 9.17) is 0 Å². The molecular formula is C15H26O. The van der Waals surface area contributed by atoms with Gasteiger partial charge in [0.25, 0.3) is 0 Å². The number of carbonyl (C=O) groups excluding carboxylic acids is 1. The summed E-state index contributed by atoms with van der Waals surface area (Å²) in [5.74, 6) is 2.16. The zero-order valence-electron chi connectivity index (χ0n) is 11.3. The second kappa shape index (κ2) is 3.85. The Morgan fingerprint density at radius 2 is 1.94 bits per heavy atom. The number of hydrogen-bond acceptors (Lipinski definition) is 1. The molecule has 0 aromatic rings. The summed E-state index contributed by atoms with van der Waals surface area (Å²) >= 11 is 0. The van der Waals surface area contributed by atoms with E-state index in [0.717, 1.165) is 31.1 Å². The lowest BCUT2D eigenvalue weighted by Crippen LogP contribution is -2.51. The van der Waals surface area contributed by atoms with E-state index in [1.54, 1.807) is 0 Å². The predicted octanol–water partition coefficient (Wildman–Crippen LogP) is 4.21. The van der Waals surface area contributed by atoms with Crippen molar-refractivity contribution < 1.29 is 4.79 Å². The number of rotatable bonds is 1. The van der Waals surface area contributed by atoms with Crippen molar-refractivity contribution in [1.29, 1.82) is 0 Å². The molecule has 2 aliphatic rings. The molecular weight excluding hydrogens is 196 g/mol. The molecule has 0 spiro atoms. The first-order chi connectivity index (χ1) is 7.39. The van der Waals surface area contributed by atoms with E-state index >= 15 is 0 Å². The molecule has 0 aliphatic heterocycles. The van der Waals surface area contributed by atoms with Gasteiger partial charge in [0.15, 0.2) is 0 Å². The largest absolute Gasteiger partial charge is 0.299 e. The fourth-order valence-corrected chi connectivity index (χ4v) is 4.02. The molecule has 0 N–H and O–H groups in total. The highest BCUT2D eigenvalue weighted by Gasteiger charge is 2.54. The summed E-state index contributed by atoms with van der Waals surface area (Å²) < 4.78 is 0. The smallest absolute Gasteiger partial charge is 0.139 e. The van der Waals surface area contributed by atoms with Gasteiger partial charge in [0.05, 0.1) is 0 Å². The van der Waals surface area contributed by atoms with Crippen molar-refractivity contribution in [2.24, 2.45) is 22.7 Å². The van der Waals surface area contributed by atoms with Crippen LogP contribution in [0.2, 0.25) is 0 Å². The molecule has 1 nitrogen and oxygen atoms in total. The van der Waals surface area contributed by atoms with E-state index in [0.29, 0.717) is 5.78 Å². The minimum Gasteiger partial charge on any atom is -0.299 e. The van der Waals surface area contributed by atoms with Gasteiger partial charge in [-0.1, -0.05) is 27.7 Å². The summed E-state index contributed by atoms with van der Waals surface area (Å²) in [6, 6.07) is 0. The van der Waals surface area contributed by atoms with Crippen molar-refractivity contribution in [3.63, 3.8) is 0 Å². The first-order valence-corrected chi connectivity index (χ1v) is 6.92. The number of Topliss-reactive ketones (excluding diaryl/α,β-unsaturated/α-hetero) is 1. The molecule has 0 saturated heterocycles. The van der Waals surface area contributed by atoms with Crippen LogP contribution in [0.4, 0.5) is 0 Å². The number of ketones is 1. The second-order valence-corrected chi connectivity index (χ2v) is 6.92.